The minimum atomic E-state index is 0.140. The lowest BCUT2D eigenvalue weighted by Gasteiger charge is -2.17. The number of fused-ring (bicyclic) bond motifs is 6. The van der Waals surface area contributed by atoms with E-state index >= 15 is 0 Å². The summed E-state index contributed by atoms with van der Waals surface area (Å²) in [4.78, 5) is 15.4. The van der Waals surface area contributed by atoms with Crippen LogP contribution in [-0.2, 0) is 0 Å². The fraction of sp³-hybridized carbons (Fsp3) is 0.0784. The van der Waals surface area contributed by atoms with Crippen molar-refractivity contribution in [2.45, 2.75) is 25.2 Å². The highest BCUT2D eigenvalue weighted by atomic mass is 16.3. The third-order valence-corrected chi connectivity index (χ3v) is 11.1. The molecular weight excluding hydrogens is 687 g/mol. The highest BCUT2D eigenvalue weighted by Crippen LogP contribution is 2.40. The minimum absolute atomic E-state index is 0.140. The number of para-hydroxylation sites is 1. The van der Waals surface area contributed by atoms with Gasteiger partial charge in [-0.15, -0.1) is 0 Å². The number of furan rings is 2. The molecule has 0 saturated heterocycles. The van der Waals surface area contributed by atoms with Gasteiger partial charge in [0.1, 0.15) is 28.2 Å². The maximum absolute atomic E-state index is 6.43. The largest absolute Gasteiger partial charge is 0.456 e. The minimum Gasteiger partial charge on any atom is -0.456 e. The van der Waals surface area contributed by atoms with E-state index in [1.54, 1.807) is 0 Å². The Morgan fingerprint density at radius 1 is 0.429 bits per heavy atom. The van der Waals surface area contributed by atoms with Gasteiger partial charge in [0.25, 0.3) is 0 Å². The lowest BCUT2D eigenvalue weighted by Crippen LogP contribution is -2.09. The summed E-state index contributed by atoms with van der Waals surface area (Å²) in [6, 6.07) is 55.0. The molecule has 5 heteroatoms. The summed E-state index contributed by atoms with van der Waals surface area (Å²) >= 11 is 0. The predicted molar refractivity (Wildman–Crippen MR) is 227 cm³/mol. The van der Waals surface area contributed by atoms with Gasteiger partial charge in [-0.25, -0.2) is 15.0 Å². The van der Waals surface area contributed by atoms with Gasteiger partial charge in [0.2, 0.25) is 0 Å². The molecule has 56 heavy (non-hydrogen) atoms. The van der Waals surface area contributed by atoms with Crippen molar-refractivity contribution in [3.8, 4) is 56.2 Å². The summed E-state index contributed by atoms with van der Waals surface area (Å²) in [5, 5.41) is 4.27. The summed E-state index contributed by atoms with van der Waals surface area (Å²) in [5.74, 6) is 2.26. The number of aromatic nitrogens is 3. The first-order chi connectivity index (χ1) is 27.7. The van der Waals surface area contributed by atoms with Crippen LogP contribution >= 0.6 is 0 Å². The summed E-state index contributed by atoms with van der Waals surface area (Å²) in [5.41, 5.74) is 12.2. The van der Waals surface area contributed by atoms with Crippen molar-refractivity contribution in [3.05, 3.63) is 176 Å². The van der Waals surface area contributed by atoms with Crippen LogP contribution in [0.4, 0.5) is 0 Å². The van der Waals surface area contributed by atoms with Gasteiger partial charge in [-0.05, 0) is 89.0 Å². The zero-order chi connectivity index (χ0) is 37.0. The van der Waals surface area contributed by atoms with Crippen LogP contribution in [0.2, 0.25) is 0 Å². The number of benzene rings is 7. The predicted octanol–water partition coefficient (Wildman–Crippen LogP) is 13.8. The zero-order valence-electron chi connectivity index (χ0n) is 30.5. The summed E-state index contributed by atoms with van der Waals surface area (Å²) < 4.78 is 12.7. The fourth-order valence-corrected chi connectivity index (χ4v) is 8.35. The van der Waals surface area contributed by atoms with Crippen LogP contribution in [0.15, 0.2) is 179 Å². The average molecular weight is 722 g/mol. The third kappa shape index (κ3) is 5.59. The maximum Gasteiger partial charge on any atom is 0.164 e. The van der Waals surface area contributed by atoms with E-state index < -0.39 is 0 Å². The zero-order valence-corrected chi connectivity index (χ0v) is 30.5. The molecule has 7 aromatic carbocycles. The molecule has 1 atom stereocenters. The molecule has 1 aliphatic rings. The Hall–Kier alpha value is -7.11. The molecule has 0 bridgehead atoms. The molecule has 0 aliphatic heterocycles. The van der Waals surface area contributed by atoms with E-state index in [9.17, 15) is 0 Å². The smallest absolute Gasteiger partial charge is 0.164 e. The average Bonchev–Trinajstić information content (AvgIpc) is 3.85. The van der Waals surface area contributed by atoms with Gasteiger partial charge in [-0.1, -0.05) is 133 Å². The molecule has 5 nitrogen and oxygen atoms in total. The number of allylic oxidation sites excluding steroid dienone is 2. The van der Waals surface area contributed by atoms with Crippen LogP contribution in [0.3, 0.4) is 0 Å². The van der Waals surface area contributed by atoms with E-state index in [0.717, 1.165) is 96.8 Å². The second-order valence-electron chi connectivity index (χ2n) is 14.6. The van der Waals surface area contributed by atoms with Gasteiger partial charge < -0.3 is 8.83 Å². The normalized spacial score (nSPS) is 14.3. The van der Waals surface area contributed by atoms with Gasteiger partial charge >= 0.3 is 0 Å². The molecule has 0 N–H and O–H groups in total. The molecule has 0 fully saturated rings. The SMILES string of the molecule is C1=CC(c2nc(-c3ccc(-c4cccc5oc6ccc(-c7cccc(-c8ccccc8)c7)cc6c45)cc3)nc(-c3cccc4oc5ccccc5c34)n2)CCC1. The molecule has 3 heterocycles. The Labute approximate surface area is 323 Å². The van der Waals surface area contributed by atoms with E-state index in [4.69, 9.17) is 23.8 Å². The van der Waals surface area contributed by atoms with Gasteiger partial charge in [0, 0.05) is 38.6 Å². The summed E-state index contributed by atoms with van der Waals surface area (Å²) in [6.45, 7) is 0. The number of nitrogens with zero attached hydrogens (tertiary/aromatic N) is 3. The van der Waals surface area contributed by atoms with E-state index in [1.165, 1.54) is 16.7 Å². The van der Waals surface area contributed by atoms with Gasteiger partial charge in [0.15, 0.2) is 11.6 Å². The first kappa shape index (κ1) is 32.3. The van der Waals surface area contributed by atoms with Crippen LogP contribution in [0.5, 0.6) is 0 Å². The maximum atomic E-state index is 6.43. The second-order valence-corrected chi connectivity index (χ2v) is 14.6. The quantitative estimate of drug-likeness (QED) is 0.160. The van der Waals surface area contributed by atoms with Crippen molar-refractivity contribution < 1.29 is 8.83 Å². The van der Waals surface area contributed by atoms with Crippen LogP contribution in [0.1, 0.15) is 31.0 Å². The molecular formula is C51H35N3O2. The Morgan fingerprint density at radius 3 is 1.84 bits per heavy atom. The number of hydrogen-bond donors (Lipinski definition) is 0. The summed E-state index contributed by atoms with van der Waals surface area (Å²) in [6.07, 6.45) is 7.72. The van der Waals surface area contributed by atoms with Crippen molar-refractivity contribution in [2.24, 2.45) is 0 Å². The van der Waals surface area contributed by atoms with Gasteiger partial charge in [0.05, 0.1) is 0 Å². The molecule has 0 saturated carbocycles. The molecule has 0 radical (unpaired) electrons. The van der Waals surface area contributed by atoms with Crippen LogP contribution < -0.4 is 0 Å². The second kappa shape index (κ2) is 13.3. The van der Waals surface area contributed by atoms with E-state index in [-0.39, 0.29) is 5.92 Å². The number of hydrogen-bond acceptors (Lipinski definition) is 5. The van der Waals surface area contributed by atoms with Crippen molar-refractivity contribution >= 4 is 43.9 Å². The fourth-order valence-electron chi connectivity index (χ4n) is 8.35. The third-order valence-electron chi connectivity index (χ3n) is 11.1. The van der Waals surface area contributed by atoms with Crippen LogP contribution in [-0.4, -0.2) is 15.0 Å². The molecule has 11 rings (SSSR count). The summed E-state index contributed by atoms with van der Waals surface area (Å²) in [7, 11) is 0. The Morgan fingerprint density at radius 2 is 1.04 bits per heavy atom. The first-order valence-electron chi connectivity index (χ1n) is 19.3. The molecule has 266 valence electrons. The van der Waals surface area contributed by atoms with Crippen LogP contribution in [0, 0.1) is 0 Å². The standard InChI is InChI=1S/C51H35N3O2/c1-3-12-32(13-4-1)36-16-9-17-37(30-36)38-28-29-44-42(31-38)47-39(19-10-22-45(47)56-44)33-24-26-35(27-25-33)50-52-49(34-14-5-2-6-15-34)53-51(54-50)41-20-11-23-46-48(41)40-18-7-8-21-43(40)55-46/h1,3-5,7-14,16-31,34H,2,6,15H2. The van der Waals surface area contributed by atoms with E-state index in [2.05, 4.69) is 140 Å². The van der Waals surface area contributed by atoms with Crippen molar-refractivity contribution in [2.75, 3.05) is 0 Å². The Balaban J connectivity index is 1.00. The molecule has 0 amide bonds. The van der Waals surface area contributed by atoms with Crippen molar-refractivity contribution in [3.63, 3.8) is 0 Å². The molecule has 10 aromatic rings. The van der Waals surface area contributed by atoms with Crippen LogP contribution in [0.25, 0.3) is 100 Å². The van der Waals surface area contributed by atoms with Crippen molar-refractivity contribution in [1.29, 1.82) is 0 Å². The molecule has 1 unspecified atom stereocenters. The lowest BCUT2D eigenvalue weighted by atomic mass is 9.95. The van der Waals surface area contributed by atoms with Gasteiger partial charge in [-0.3, -0.25) is 0 Å². The Bertz CT molecular complexity index is 3120. The topological polar surface area (TPSA) is 65.0 Å². The highest BCUT2D eigenvalue weighted by Gasteiger charge is 2.21. The Kier molecular flexibility index (Phi) is 7.69. The monoisotopic (exact) mass is 721 g/mol. The lowest BCUT2D eigenvalue weighted by molar-refractivity contribution is 0.623. The highest BCUT2D eigenvalue weighted by molar-refractivity contribution is 6.14. The molecule has 0 spiro atoms. The van der Waals surface area contributed by atoms with E-state index in [1.807, 2.05) is 30.3 Å². The molecule has 3 aromatic heterocycles. The van der Waals surface area contributed by atoms with Gasteiger partial charge in [-0.2, -0.15) is 0 Å². The van der Waals surface area contributed by atoms with E-state index in [0.29, 0.717) is 11.6 Å². The number of rotatable bonds is 6. The molecule has 1 aliphatic carbocycles. The first-order valence-corrected chi connectivity index (χ1v) is 19.3. The van der Waals surface area contributed by atoms with Crippen molar-refractivity contribution in [1.82, 2.24) is 15.0 Å².